The third-order valence-electron chi connectivity index (χ3n) is 4.66. The standard InChI is InChI=1S/C17H23NO3/c1-12-6-3-4-7-13(12)9-10-15(19)18-14-8-5-11-17(14,2)16(20)21/h3-4,6-7,14H,5,8-11H2,1-2H3,(H,18,19)(H,20,21). The molecule has 4 heteroatoms. The Morgan fingerprint density at radius 2 is 2.10 bits per heavy atom. The van der Waals surface area contributed by atoms with Gasteiger partial charge in [-0.05, 0) is 44.2 Å². The zero-order valence-electron chi connectivity index (χ0n) is 12.7. The van der Waals surface area contributed by atoms with Crippen molar-refractivity contribution in [2.45, 2.75) is 52.0 Å². The Kier molecular flexibility index (Phi) is 4.66. The molecule has 114 valence electrons. The van der Waals surface area contributed by atoms with Crippen LogP contribution >= 0.6 is 0 Å². The summed E-state index contributed by atoms with van der Waals surface area (Å²) in [6, 6.07) is 7.76. The van der Waals surface area contributed by atoms with Crippen molar-refractivity contribution in [1.29, 1.82) is 0 Å². The first-order valence-corrected chi connectivity index (χ1v) is 7.51. The molecule has 2 N–H and O–H groups in total. The van der Waals surface area contributed by atoms with Gasteiger partial charge in [0.2, 0.25) is 5.91 Å². The van der Waals surface area contributed by atoms with Gasteiger partial charge in [-0.15, -0.1) is 0 Å². The Labute approximate surface area is 125 Å². The Hall–Kier alpha value is -1.84. The van der Waals surface area contributed by atoms with Crippen LogP contribution in [-0.2, 0) is 16.0 Å². The first kappa shape index (κ1) is 15.5. The second-order valence-electron chi connectivity index (χ2n) is 6.16. The van der Waals surface area contributed by atoms with Gasteiger partial charge in [0, 0.05) is 12.5 Å². The average Bonchev–Trinajstić information content (AvgIpc) is 2.81. The normalized spacial score (nSPS) is 24.8. The number of carbonyl (C=O) groups is 2. The number of aryl methyl sites for hydroxylation is 2. The molecule has 0 radical (unpaired) electrons. The molecule has 21 heavy (non-hydrogen) atoms. The van der Waals surface area contributed by atoms with Crippen molar-refractivity contribution in [2.75, 3.05) is 0 Å². The Balaban J connectivity index is 1.90. The molecule has 1 aromatic carbocycles. The van der Waals surface area contributed by atoms with Crippen molar-refractivity contribution in [3.8, 4) is 0 Å². The highest BCUT2D eigenvalue weighted by Gasteiger charge is 2.45. The highest BCUT2D eigenvalue weighted by atomic mass is 16.4. The fourth-order valence-corrected chi connectivity index (χ4v) is 3.06. The van der Waals surface area contributed by atoms with Crippen LogP contribution in [0.15, 0.2) is 24.3 Å². The molecule has 4 nitrogen and oxygen atoms in total. The van der Waals surface area contributed by atoms with E-state index in [-0.39, 0.29) is 11.9 Å². The number of carboxylic acids is 1. The topological polar surface area (TPSA) is 66.4 Å². The second kappa shape index (κ2) is 6.29. The quantitative estimate of drug-likeness (QED) is 0.876. The first-order valence-electron chi connectivity index (χ1n) is 7.51. The van der Waals surface area contributed by atoms with Crippen LogP contribution in [0.25, 0.3) is 0 Å². The number of carboxylic acid groups (broad SMARTS) is 1. The van der Waals surface area contributed by atoms with E-state index in [9.17, 15) is 14.7 Å². The minimum absolute atomic E-state index is 0.0578. The Bertz CT molecular complexity index is 541. The minimum Gasteiger partial charge on any atom is -0.481 e. The Morgan fingerprint density at radius 3 is 2.76 bits per heavy atom. The number of hydrogen-bond acceptors (Lipinski definition) is 2. The maximum Gasteiger partial charge on any atom is 0.311 e. The molecule has 0 spiro atoms. The van der Waals surface area contributed by atoms with Crippen molar-refractivity contribution in [1.82, 2.24) is 5.32 Å². The maximum atomic E-state index is 12.1. The zero-order valence-corrected chi connectivity index (χ0v) is 12.7. The van der Waals surface area contributed by atoms with E-state index in [0.29, 0.717) is 19.3 Å². The van der Waals surface area contributed by atoms with Crippen molar-refractivity contribution < 1.29 is 14.7 Å². The molecule has 0 bridgehead atoms. The molecule has 0 heterocycles. The lowest BCUT2D eigenvalue weighted by Gasteiger charge is -2.27. The van der Waals surface area contributed by atoms with Gasteiger partial charge in [0.1, 0.15) is 0 Å². The summed E-state index contributed by atoms with van der Waals surface area (Å²) in [4.78, 5) is 23.5. The van der Waals surface area contributed by atoms with Crippen molar-refractivity contribution in [3.05, 3.63) is 35.4 Å². The molecule has 0 aromatic heterocycles. The van der Waals surface area contributed by atoms with E-state index in [0.717, 1.165) is 12.8 Å². The molecule has 1 amide bonds. The van der Waals surface area contributed by atoms with Gasteiger partial charge < -0.3 is 10.4 Å². The highest BCUT2D eigenvalue weighted by molar-refractivity contribution is 5.80. The lowest BCUT2D eigenvalue weighted by molar-refractivity contribution is -0.149. The molecule has 1 saturated carbocycles. The molecule has 2 atom stereocenters. The minimum atomic E-state index is -0.821. The number of hydrogen-bond donors (Lipinski definition) is 2. The predicted octanol–water partition coefficient (Wildman–Crippen LogP) is 2.69. The molecular weight excluding hydrogens is 266 g/mol. The summed E-state index contributed by atoms with van der Waals surface area (Å²) in [6.07, 6.45) is 3.32. The summed E-state index contributed by atoms with van der Waals surface area (Å²) in [5.41, 5.74) is 1.53. The molecule has 0 saturated heterocycles. The summed E-state index contributed by atoms with van der Waals surface area (Å²) in [6.45, 7) is 3.76. The van der Waals surface area contributed by atoms with Gasteiger partial charge >= 0.3 is 5.97 Å². The van der Waals surface area contributed by atoms with Gasteiger partial charge in [0.05, 0.1) is 5.41 Å². The summed E-state index contributed by atoms with van der Waals surface area (Å²) in [5, 5.41) is 12.3. The molecule has 1 aliphatic carbocycles. The average molecular weight is 289 g/mol. The molecule has 1 fully saturated rings. The number of benzene rings is 1. The highest BCUT2D eigenvalue weighted by Crippen LogP contribution is 2.38. The van der Waals surface area contributed by atoms with E-state index in [1.54, 1.807) is 6.92 Å². The molecule has 1 aromatic rings. The summed E-state index contributed by atoms with van der Waals surface area (Å²) in [5.74, 6) is -0.873. The Morgan fingerprint density at radius 1 is 1.38 bits per heavy atom. The summed E-state index contributed by atoms with van der Waals surface area (Å²) < 4.78 is 0. The van der Waals surface area contributed by atoms with Crippen molar-refractivity contribution in [2.24, 2.45) is 5.41 Å². The van der Waals surface area contributed by atoms with Crippen LogP contribution in [0.5, 0.6) is 0 Å². The molecule has 2 rings (SSSR count). The van der Waals surface area contributed by atoms with E-state index in [4.69, 9.17) is 0 Å². The largest absolute Gasteiger partial charge is 0.481 e. The number of amides is 1. The van der Waals surface area contributed by atoms with Crippen LogP contribution in [-0.4, -0.2) is 23.0 Å². The first-order chi connectivity index (χ1) is 9.93. The van der Waals surface area contributed by atoms with Crippen molar-refractivity contribution >= 4 is 11.9 Å². The lowest BCUT2D eigenvalue weighted by Crippen LogP contribution is -2.47. The molecule has 1 aliphatic rings. The number of carbonyl (C=O) groups excluding carboxylic acids is 1. The van der Waals surface area contributed by atoms with Gasteiger partial charge in [-0.2, -0.15) is 0 Å². The van der Waals surface area contributed by atoms with E-state index in [2.05, 4.69) is 5.32 Å². The molecule has 2 unspecified atom stereocenters. The van der Waals surface area contributed by atoms with Crippen LogP contribution in [0.1, 0.15) is 43.7 Å². The summed E-state index contributed by atoms with van der Waals surface area (Å²) in [7, 11) is 0. The van der Waals surface area contributed by atoms with Crippen LogP contribution in [0.3, 0.4) is 0 Å². The zero-order chi connectivity index (χ0) is 15.5. The monoisotopic (exact) mass is 289 g/mol. The van der Waals surface area contributed by atoms with Gasteiger partial charge in [-0.3, -0.25) is 9.59 Å². The van der Waals surface area contributed by atoms with Crippen LogP contribution in [0, 0.1) is 12.3 Å². The fraction of sp³-hybridized carbons (Fsp3) is 0.529. The van der Waals surface area contributed by atoms with E-state index in [1.807, 2.05) is 31.2 Å². The van der Waals surface area contributed by atoms with Crippen LogP contribution in [0.2, 0.25) is 0 Å². The van der Waals surface area contributed by atoms with Crippen molar-refractivity contribution in [3.63, 3.8) is 0 Å². The third kappa shape index (κ3) is 3.43. The third-order valence-corrected chi connectivity index (χ3v) is 4.66. The van der Waals surface area contributed by atoms with E-state index in [1.165, 1.54) is 11.1 Å². The summed E-state index contributed by atoms with van der Waals surface area (Å²) >= 11 is 0. The maximum absolute atomic E-state index is 12.1. The fourth-order valence-electron chi connectivity index (χ4n) is 3.06. The lowest BCUT2D eigenvalue weighted by atomic mass is 9.85. The number of rotatable bonds is 5. The van der Waals surface area contributed by atoms with Crippen LogP contribution in [0.4, 0.5) is 0 Å². The van der Waals surface area contributed by atoms with E-state index < -0.39 is 11.4 Å². The van der Waals surface area contributed by atoms with E-state index >= 15 is 0 Å². The molecule has 0 aliphatic heterocycles. The SMILES string of the molecule is Cc1ccccc1CCC(=O)NC1CCCC1(C)C(=O)O. The predicted molar refractivity (Wildman–Crippen MR) is 81.0 cm³/mol. The molecular formula is C17H23NO3. The van der Waals surface area contributed by atoms with Gasteiger partial charge in [0.15, 0.2) is 0 Å². The van der Waals surface area contributed by atoms with Gasteiger partial charge in [-0.25, -0.2) is 0 Å². The van der Waals surface area contributed by atoms with Gasteiger partial charge in [-0.1, -0.05) is 30.7 Å². The smallest absolute Gasteiger partial charge is 0.311 e. The number of aliphatic carboxylic acids is 1. The second-order valence-corrected chi connectivity index (χ2v) is 6.16. The van der Waals surface area contributed by atoms with Crippen LogP contribution < -0.4 is 5.32 Å². The van der Waals surface area contributed by atoms with Gasteiger partial charge in [0.25, 0.3) is 0 Å². The number of nitrogens with one attached hydrogen (secondary N) is 1.